The number of aliphatic hydroxyl groups is 1. The zero-order valence-electron chi connectivity index (χ0n) is 19.6. The zero-order valence-corrected chi connectivity index (χ0v) is 19.6. The standard InChI is InChI=1S/C28H29NO5/c1-27(2,21-9-5-4-6-10-21)18-28(32,16-19-8-7-11-23(14-19)33-3)26(31)29-22-12-13-24-20(15-22)17-34-25(24)30/h4-15,32H,16-18H2,1-3H3,(H,29,31). The van der Waals surface area contributed by atoms with Crippen molar-refractivity contribution in [1.82, 2.24) is 0 Å². The molecule has 176 valence electrons. The van der Waals surface area contributed by atoms with Gasteiger partial charge < -0.3 is 19.9 Å². The van der Waals surface area contributed by atoms with Crippen molar-refractivity contribution in [3.05, 3.63) is 95.1 Å². The molecule has 1 aliphatic rings. The van der Waals surface area contributed by atoms with E-state index in [0.717, 1.165) is 11.1 Å². The molecule has 0 radical (unpaired) electrons. The van der Waals surface area contributed by atoms with E-state index in [-0.39, 0.29) is 25.4 Å². The molecule has 1 unspecified atom stereocenters. The third-order valence-corrected chi connectivity index (χ3v) is 6.28. The Morgan fingerprint density at radius 2 is 1.82 bits per heavy atom. The fourth-order valence-electron chi connectivity index (χ4n) is 4.52. The number of amides is 1. The van der Waals surface area contributed by atoms with Crippen LogP contribution >= 0.6 is 0 Å². The first-order valence-corrected chi connectivity index (χ1v) is 11.2. The maximum atomic E-state index is 13.6. The molecule has 2 N–H and O–H groups in total. The van der Waals surface area contributed by atoms with Crippen molar-refractivity contribution in [3.8, 4) is 5.75 Å². The normalized spacial score (nSPS) is 14.6. The van der Waals surface area contributed by atoms with Gasteiger partial charge in [0.2, 0.25) is 0 Å². The molecule has 0 fully saturated rings. The van der Waals surface area contributed by atoms with Crippen molar-refractivity contribution >= 4 is 17.6 Å². The van der Waals surface area contributed by atoms with Crippen LogP contribution in [0.5, 0.6) is 5.75 Å². The molecule has 0 saturated heterocycles. The van der Waals surface area contributed by atoms with E-state index in [2.05, 4.69) is 5.32 Å². The summed E-state index contributed by atoms with van der Waals surface area (Å²) in [5.74, 6) is -0.220. The summed E-state index contributed by atoms with van der Waals surface area (Å²) in [4.78, 5) is 25.3. The van der Waals surface area contributed by atoms with Crippen LogP contribution in [0.1, 0.15) is 47.3 Å². The molecule has 6 heteroatoms. The van der Waals surface area contributed by atoms with Crippen LogP contribution in [-0.2, 0) is 28.0 Å². The second kappa shape index (κ2) is 9.31. The third kappa shape index (κ3) is 4.97. The molecule has 1 aliphatic heterocycles. The number of rotatable bonds is 8. The highest BCUT2D eigenvalue weighted by Crippen LogP contribution is 2.35. The number of hydrogen-bond acceptors (Lipinski definition) is 5. The van der Waals surface area contributed by atoms with Crippen molar-refractivity contribution in [3.63, 3.8) is 0 Å². The molecule has 3 aromatic carbocycles. The molecule has 4 rings (SSSR count). The van der Waals surface area contributed by atoms with Gasteiger partial charge in [-0.05, 0) is 53.3 Å². The highest BCUT2D eigenvalue weighted by atomic mass is 16.5. The number of hydrogen-bond donors (Lipinski definition) is 2. The second-order valence-electron chi connectivity index (χ2n) is 9.39. The number of esters is 1. The largest absolute Gasteiger partial charge is 0.497 e. The molecule has 0 saturated carbocycles. The maximum Gasteiger partial charge on any atom is 0.338 e. The van der Waals surface area contributed by atoms with Gasteiger partial charge in [0.05, 0.1) is 12.7 Å². The molecule has 6 nitrogen and oxygen atoms in total. The lowest BCUT2D eigenvalue weighted by Gasteiger charge is -2.36. The summed E-state index contributed by atoms with van der Waals surface area (Å²) in [6.07, 6.45) is 0.304. The minimum atomic E-state index is -1.71. The lowest BCUT2D eigenvalue weighted by atomic mass is 9.73. The first-order valence-electron chi connectivity index (χ1n) is 11.2. The third-order valence-electron chi connectivity index (χ3n) is 6.28. The van der Waals surface area contributed by atoms with E-state index in [9.17, 15) is 14.7 Å². The SMILES string of the molecule is COc1cccc(CC(O)(CC(C)(C)c2ccccc2)C(=O)Nc2ccc3c(c2)COC3=O)c1. The molecule has 0 bridgehead atoms. The number of nitrogens with one attached hydrogen (secondary N) is 1. The molecular weight excluding hydrogens is 430 g/mol. The van der Waals surface area contributed by atoms with Gasteiger partial charge in [0.15, 0.2) is 0 Å². The number of methoxy groups -OCH3 is 1. The minimum absolute atomic E-state index is 0.110. The number of carbonyl (C=O) groups excluding carboxylic acids is 2. The van der Waals surface area contributed by atoms with Crippen LogP contribution < -0.4 is 10.1 Å². The van der Waals surface area contributed by atoms with Crippen LogP contribution in [0.25, 0.3) is 0 Å². The Balaban J connectivity index is 1.64. The van der Waals surface area contributed by atoms with Gasteiger partial charge in [-0.1, -0.05) is 56.3 Å². The van der Waals surface area contributed by atoms with Crippen LogP contribution in [0, 0.1) is 0 Å². The van der Waals surface area contributed by atoms with E-state index in [0.29, 0.717) is 22.6 Å². The molecule has 0 aliphatic carbocycles. The van der Waals surface area contributed by atoms with Gasteiger partial charge >= 0.3 is 5.97 Å². The van der Waals surface area contributed by atoms with Crippen molar-refractivity contribution in [2.24, 2.45) is 0 Å². The fourth-order valence-corrected chi connectivity index (χ4v) is 4.52. The van der Waals surface area contributed by atoms with Gasteiger partial charge in [0, 0.05) is 17.7 Å². The van der Waals surface area contributed by atoms with Gasteiger partial charge in [-0.15, -0.1) is 0 Å². The van der Waals surface area contributed by atoms with Crippen molar-refractivity contribution in [2.75, 3.05) is 12.4 Å². The molecule has 34 heavy (non-hydrogen) atoms. The average Bonchev–Trinajstić information content (AvgIpc) is 3.19. The highest BCUT2D eigenvalue weighted by Gasteiger charge is 2.42. The Morgan fingerprint density at radius 3 is 2.56 bits per heavy atom. The monoisotopic (exact) mass is 459 g/mol. The quantitative estimate of drug-likeness (QED) is 0.479. The molecular formula is C28H29NO5. The van der Waals surface area contributed by atoms with E-state index in [1.807, 2.05) is 68.4 Å². The summed E-state index contributed by atoms with van der Waals surface area (Å²) in [5.41, 5.74) is 1.33. The summed E-state index contributed by atoms with van der Waals surface area (Å²) in [6.45, 7) is 4.21. The molecule has 0 aromatic heterocycles. The molecule has 1 heterocycles. The number of ether oxygens (including phenoxy) is 2. The number of carbonyl (C=O) groups is 2. The smallest absolute Gasteiger partial charge is 0.338 e. The summed E-state index contributed by atoms with van der Waals surface area (Å²) >= 11 is 0. The minimum Gasteiger partial charge on any atom is -0.497 e. The van der Waals surface area contributed by atoms with Gasteiger partial charge in [-0.3, -0.25) is 4.79 Å². The van der Waals surface area contributed by atoms with Gasteiger partial charge in [0.25, 0.3) is 5.91 Å². The van der Waals surface area contributed by atoms with Crippen molar-refractivity contribution in [2.45, 2.75) is 44.3 Å². The Labute approximate surface area is 199 Å². The van der Waals surface area contributed by atoms with Gasteiger partial charge in [0.1, 0.15) is 18.0 Å². The average molecular weight is 460 g/mol. The van der Waals surface area contributed by atoms with E-state index in [1.54, 1.807) is 25.3 Å². The summed E-state index contributed by atoms with van der Waals surface area (Å²) in [7, 11) is 1.58. The molecule has 1 atom stereocenters. The summed E-state index contributed by atoms with van der Waals surface area (Å²) in [6, 6.07) is 22.2. The predicted octanol–water partition coefficient (Wildman–Crippen LogP) is 4.65. The first-order chi connectivity index (χ1) is 16.2. The van der Waals surface area contributed by atoms with E-state index >= 15 is 0 Å². The van der Waals surface area contributed by atoms with Crippen LogP contribution in [0.4, 0.5) is 5.69 Å². The molecule has 3 aromatic rings. The fraction of sp³-hybridized carbons (Fsp3) is 0.286. The Kier molecular flexibility index (Phi) is 6.44. The number of anilines is 1. The zero-order chi connectivity index (χ0) is 24.3. The van der Waals surface area contributed by atoms with Crippen molar-refractivity contribution in [1.29, 1.82) is 0 Å². The lowest BCUT2D eigenvalue weighted by molar-refractivity contribution is -0.136. The highest BCUT2D eigenvalue weighted by molar-refractivity contribution is 5.99. The van der Waals surface area contributed by atoms with Gasteiger partial charge in [-0.2, -0.15) is 0 Å². The first kappa shape index (κ1) is 23.5. The van der Waals surface area contributed by atoms with Crippen LogP contribution in [-0.4, -0.2) is 29.7 Å². The number of fused-ring (bicyclic) bond motifs is 1. The summed E-state index contributed by atoms with van der Waals surface area (Å²) in [5, 5.41) is 14.7. The molecule has 0 spiro atoms. The number of cyclic esters (lactones) is 1. The Bertz CT molecular complexity index is 1200. The van der Waals surface area contributed by atoms with E-state index in [4.69, 9.17) is 9.47 Å². The van der Waals surface area contributed by atoms with Crippen LogP contribution in [0.15, 0.2) is 72.8 Å². The second-order valence-corrected chi connectivity index (χ2v) is 9.39. The Morgan fingerprint density at radius 1 is 1.06 bits per heavy atom. The van der Waals surface area contributed by atoms with Crippen LogP contribution in [0.3, 0.4) is 0 Å². The maximum absolute atomic E-state index is 13.6. The van der Waals surface area contributed by atoms with E-state index in [1.165, 1.54) is 0 Å². The Hall–Kier alpha value is -3.64. The summed E-state index contributed by atoms with van der Waals surface area (Å²) < 4.78 is 10.4. The lowest BCUT2D eigenvalue weighted by Crippen LogP contribution is -2.49. The van der Waals surface area contributed by atoms with E-state index < -0.39 is 16.9 Å². The predicted molar refractivity (Wildman–Crippen MR) is 130 cm³/mol. The van der Waals surface area contributed by atoms with Crippen LogP contribution in [0.2, 0.25) is 0 Å². The number of benzene rings is 3. The molecule has 1 amide bonds. The topological polar surface area (TPSA) is 84.9 Å². The van der Waals surface area contributed by atoms with Crippen molar-refractivity contribution < 1.29 is 24.2 Å². The van der Waals surface area contributed by atoms with Gasteiger partial charge in [-0.25, -0.2) is 4.79 Å².